The van der Waals surface area contributed by atoms with Crippen LogP contribution in [0.1, 0.15) is 19.4 Å². The van der Waals surface area contributed by atoms with Gasteiger partial charge >= 0.3 is 0 Å². The van der Waals surface area contributed by atoms with Gasteiger partial charge in [0, 0.05) is 38.1 Å². The maximum atomic E-state index is 5.21. The second-order valence-electron chi connectivity index (χ2n) is 5.64. The van der Waals surface area contributed by atoms with Crippen LogP contribution in [0.4, 0.5) is 0 Å². The molecule has 2 rings (SSSR count). The second-order valence-corrected chi connectivity index (χ2v) is 5.64. The Hall–Kier alpha value is -1.06. The molecule has 18 heavy (non-hydrogen) atoms. The summed E-state index contributed by atoms with van der Waals surface area (Å²) in [4.78, 5) is 2.54. The molecule has 3 nitrogen and oxygen atoms in total. The first kappa shape index (κ1) is 13.4. The minimum absolute atomic E-state index is 0.184. The van der Waals surface area contributed by atoms with Crippen LogP contribution in [-0.4, -0.2) is 44.7 Å². The monoisotopic (exact) mass is 248 g/mol. The SMILES string of the molecule is COc1ccc(C(C)(C)CN2CCNCC2)cc1. The summed E-state index contributed by atoms with van der Waals surface area (Å²) < 4.78 is 5.21. The topological polar surface area (TPSA) is 24.5 Å². The zero-order valence-corrected chi connectivity index (χ0v) is 11.7. The first-order valence-electron chi connectivity index (χ1n) is 6.69. The summed E-state index contributed by atoms with van der Waals surface area (Å²) in [6.45, 7) is 10.3. The maximum absolute atomic E-state index is 5.21. The number of hydrogen-bond acceptors (Lipinski definition) is 3. The Labute approximate surface area is 110 Å². The summed E-state index contributed by atoms with van der Waals surface area (Å²) in [7, 11) is 1.71. The van der Waals surface area contributed by atoms with Gasteiger partial charge in [-0.15, -0.1) is 0 Å². The Kier molecular flexibility index (Phi) is 4.25. The van der Waals surface area contributed by atoms with Crippen LogP contribution in [-0.2, 0) is 5.41 Å². The lowest BCUT2D eigenvalue weighted by Crippen LogP contribution is -2.47. The molecule has 1 N–H and O–H groups in total. The summed E-state index contributed by atoms with van der Waals surface area (Å²) >= 11 is 0. The summed E-state index contributed by atoms with van der Waals surface area (Å²) in [5.41, 5.74) is 1.56. The predicted molar refractivity (Wildman–Crippen MR) is 75.3 cm³/mol. The van der Waals surface area contributed by atoms with Gasteiger partial charge in [-0.3, -0.25) is 4.90 Å². The minimum Gasteiger partial charge on any atom is -0.497 e. The molecule has 0 aliphatic carbocycles. The number of piperazine rings is 1. The highest BCUT2D eigenvalue weighted by Gasteiger charge is 2.24. The molecule has 0 atom stereocenters. The van der Waals surface area contributed by atoms with Crippen molar-refractivity contribution in [2.75, 3.05) is 39.8 Å². The fourth-order valence-electron chi connectivity index (χ4n) is 2.56. The Morgan fingerprint density at radius 2 is 1.78 bits per heavy atom. The van der Waals surface area contributed by atoms with E-state index in [4.69, 9.17) is 4.74 Å². The summed E-state index contributed by atoms with van der Waals surface area (Å²) in [6, 6.07) is 8.46. The van der Waals surface area contributed by atoms with E-state index < -0.39 is 0 Å². The average Bonchev–Trinajstić information content (AvgIpc) is 2.39. The van der Waals surface area contributed by atoms with Gasteiger partial charge < -0.3 is 10.1 Å². The van der Waals surface area contributed by atoms with Crippen molar-refractivity contribution in [3.63, 3.8) is 0 Å². The second kappa shape index (κ2) is 5.72. The molecule has 0 saturated carbocycles. The van der Waals surface area contributed by atoms with Crippen LogP contribution in [0.15, 0.2) is 24.3 Å². The molecule has 0 spiro atoms. The largest absolute Gasteiger partial charge is 0.497 e. The average molecular weight is 248 g/mol. The fraction of sp³-hybridized carbons (Fsp3) is 0.600. The first-order valence-corrected chi connectivity index (χ1v) is 6.69. The molecule has 100 valence electrons. The van der Waals surface area contributed by atoms with Crippen molar-refractivity contribution in [1.29, 1.82) is 0 Å². The van der Waals surface area contributed by atoms with Crippen LogP contribution in [0.25, 0.3) is 0 Å². The fourth-order valence-corrected chi connectivity index (χ4v) is 2.56. The molecule has 0 amide bonds. The molecule has 3 heteroatoms. The molecule has 1 fully saturated rings. The molecule has 1 aliphatic heterocycles. The lowest BCUT2D eigenvalue weighted by molar-refractivity contribution is 0.200. The molecule has 1 saturated heterocycles. The van der Waals surface area contributed by atoms with Crippen molar-refractivity contribution in [3.8, 4) is 5.75 Å². The molecule has 1 aliphatic rings. The van der Waals surface area contributed by atoms with E-state index in [9.17, 15) is 0 Å². The van der Waals surface area contributed by atoms with Crippen molar-refractivity contribution >= 4 is 0 Å². The number of rotatable bonds is 4. The number of ether oxygens (including phenoxy) is 1. The van der Waals surface area contributed by atoms with E-state index in [1.165, 1.54) is 5.56 Å². The molecule has 1 aromatic carbocycles. The lowest BCUT2D eigenvalue weighted by Gasteiger charge is -2.35. The quantitative estimate of drug-likeness (QED) is 0.880. The highest BCUT2D eigenvalue weighted by atomic mass is 16.5. The van der Waals surface area contributed by atoms with Crippen molar-refractivity contribution in [2.24, 2.45) is 0 Å². The van der Waals surface area contributed by atoms with Gasteiger partial charge in [-0.2, -0.15) is 0 Å². The molecule has 0 unspecified atom stereocenters. The molecule has 1 heterocycles. The predicted octanol–water partition coefficient (Wildman–Crippen LogP) is 1.88. The van der Waals surface area contributed by atoms with Crippen LogP contribution in [0.2, 0.25) is 0 Å². The van der Waals surface area contributed by atoms with Gasteiger partial charge in [-0.25, -0.2) is 0 Å². The van der Waals surface area contributed by atoms with Crippen LogP contribution >= 0.6 is 0 Å². The van der Waals surface area contributed by atoms with Gasteiger partial charge in [0.05, 0.1) is 7.11 Å². The first-order chi connectivity index (χ1) is 8.62. The van der Waals surface area contributed by atoms with E-state index in [0.717, 1.165) is 38.5 Å². The summed E-state index contributed by atoms with van der Waals surface area (Å²) in [5, 5.41) is 3.40. The van der Waals surface area contributed by atoms with Gasteiger partial charge in [0.15, 0.2) is 0 Å². The van der Waals surface area contributed by atoms with Gasteiger partial charge in [0.25, 0.3) is 0 Å². The molecule has 0 radical (unpaired) electrons. The van der Waals surface area contributed by atoms with E-state index in [1.807, 2.05) is 0 Å². The zero-order chi connectivity index (χ0) is 13.0. The van der Waals surface area contributed by atoms with Gasteiger partial charge in [-0.1, -0.05) is 26.0 Å². The highest BCUT2D eigenvalue weighted by Crippen LogP contribution is 2.26. The Balaban J connectivity index is 2.03. The lowest BCUT2D eigenvalue weighted by atomic mass is 9.84. The molecular weight excluding hydrogens is 224 g/mol. The molecular formula is C15H24N2O. The van der Waals surface area contributed by atoms with Crippen LogP contribution in [0.3, 0.4) is 0 Å². The summed E-state index contributed by atoms with van der Waals surface area (Å²) in [6.07, 6.45) is 0. The van der Waals surface area contributed by atoms with E-state index in [-0.39, 0.29) is 5.41 Å². The molecule has 1 aromatic rings. The van der Waals surface area contributed by atoms with Crippen LogP contribution < -0.4 is 10.1 Å². The third-order valence-corrected chi connectivity index (χ3v) is 3.70. The number of methoxy groups -OCH3 is 1. The van der Waals surface area contributed by atoms with E-state index in [1.54, 1.807) is 7.11 Å². The Bertz CT molecular complexity index is 367. The van der Waals surface area contributed by atoms with Crippen LogP contribution in [0.5, 0.6) is 5.75 Å². The molecule has 0 bridgehead atoms. The third kappa shape index (κ3) is 3.24. The molecule has 0 aromatic heterocycles. The van der Waals surface area contributed by atoms with E-state index in [2.05, 4.69) is 48.3 Å². The van der Waals surface area contributed by atoms with Crippen molar-refractivity contribution in [3.05, 3.63) is 29.8 Å². The number of benzene rings is 1. The third-order valence-electron chi connectivity index (χ3n) is 3.70. The Morgan fingerprint density at radius 1 is 1.17 bits per heavy atom. The van der Waals surface area contributed by atoms with Gasteiger partial charge in [0.1, 0.15) is 5.75 Å². The zero-order valence-electron chi connectivity index (χ0n) is 11.7. The minimum atomic E-state index is 0.184. The number of hydrogen-bond donors (Lipinski definition) is 1. The number of nitrogens with zero attached hydrogens (tertiary/aromatic N) is 1. The van der Waals surface area contributed by atoms with Crippen molar-refractivity contribution in [2.45, 2.75) is 19.3 Å². The van der Waals surface area contributed by atoms with Crippen molar-refractivity contribution < 1.29 is 4.74 Å². The smallest absolute Gasteiger partial charge is 0.118 e. The number of nitrogens with one attached hydrogen (secondary N) is 1. The maximum Gasteiger partial charge on any atom is 0.118 e. The van der Waals surface area contributed by atoms with Gasteiger partial charge in [0.2, 0.25) is 0 Å². The van der Waals surface area contributed by atoms with E-state index >= 15 is 0 Å². The van der Waals surface area contributed by atoms with Crippen molar-refractivity contribution in [1.82, 2.24) is 10.2 Å². The standard InChI is InChI=1S/C15H24N2O/c1-15(2,12-17-10-8-16-9-11-17)13-4-6-14(18-3)7-5-13/h4-7,16H,8-12H2,1-3H3. The van der Waals surface area contributed by atoms with E-state index in [0.29, 0.717) is 0 Å². The van der Waals surface area contributed by atoms with Crippen LogP contribution in [0, 0.1) is 0 Å². The summed E-state index contributed by atoms with van der Waals surface area (Å²) in [5.74, 6) is 0.928. The van der Waals surface area contributed by atoms with Gasteiger partial charge in [-0.05, 0) is 17.7 Å². The normalized spacial score (nSPS) is 17.7. The highest BCUT2D eigenvalue weighted by molar-refractivity contribution is 5.31. The Morgan fingerprint density at radius 3 is 2.33 bits per heavy atom.